The fourth-order valence-electron chi connectivity index (χ4n) is 2.91. The molecule has 1 aromatic carbocycles. The molecule has 0 aliphatic heterocycles. The highest BCUT2D eigenvalue weighted by atomic mass is 16.3. The second-order valence-electron chi connectivity index (χ2n) is 5.96. The summed E-state index contributed by atoms with van der Waals surface area (Å²) in [5.74, 6) is -0.222. The molecular weight excluding hydrogens is 318 g/mol. The Bertz CT molecular complexity index is 1080. The Morgan fingerprint density at radius 3 is 3.04 bits per heavy atom. The van der Waals surface area contributed by atoms with E-state index in [0.29, 0.717) is 29.5 Å². The number of aromatic hydroxyl groups is 1. The number of fused-ring (bicyclic) bond motifs is 2. The van der Waals surface area contributed by atoms with Gasteiger partial charge in [-0.2, -0.15) is 0 Å². The normalized spacial score (nSPS) is 11.2. The summed E-state index contributed by atoms with van der Waals surface area (Å²) >= 11 is 0. The molecule has 0 atom stereocenters. The molecule has 0 bridgehead atoms. The lowest BCUT2D eigenvalue weighted by Gasteiger charge is -2.05. The van der Waals surface area contributed by atoms with Gasteiger partial charge in [0.2, 0.25) is 0 Å². The molecule has 4 aromatic rings. The summed E-state index contributed by atoms with van der Waals surface area (Å²) in [5.41, 5.74) is 3.78. The number of carbonyl (C=O) groups excluding carboxylic acids is 1. The monoisotopic (exact) mass is 335 g/mol. The van der Waals surface area contributed by atoms with Gasteiger partial charge in [0, 0.05) is 30.4 Å². The molecule has 0 spiro atoms. The number of benzene rings is 1. The van der Waals surface area contributed by atoms with Crippen molar-refractivity contribution in [2.45, 2.75) is 13.3 Å². The number of rotatable bonds is 4. The Labute approximate surface area is 143 Å². The van der Waals surface area contributed by atoms with Crippen LogP contribution in [0.25, 0.3) is 16.6 Å². The van der Waals surface area contributed by atoms with Crippen molar-refractivity contribution >= 4 is 22.5 Å². The van der Waals surface area contributed by atoms with Gasteiger partial charge in [0.15, 0.2) is 0 Å². The number of aromatic nitrogens is 2. The predicted molar refractivity (Wildman–Crippen MR) is 93.8 cm³/mol. The maximum absolute atomic E-state index is 12.3. The number of phenols is 1. The van der Waals surface area contributed by atoms with Crippen molar-refractivity contribution in [2.75, 3.05) is 6.54 Å². The Kier molecular flexibility index (Phi) is 3.65. The highest BCUT2D eigenvalue weighted by Gasteiger charge is 2.12. The Morgan fingerprint density at radius 2 is 2.20 bits per heavy atom. The first-order chi connectivity index (χ1) is 12.1. The van der Waals surface area contributed by atoms with E-state index in [0.717, 1.165) is 17.0 Å². The number of hydrogen-bond acceptors (Lipinski definition) is 4. The van der Waals surface area contributed by atoms with Crippen LogP contribution in [0.5, 0.6) is 5.75 Å². The van der Waals surface area contributed by atoms with E-state index in [1.54, 1.807) is 12.1 Å². The highest BCUT2D eigenvalue weighted by Crippen LogP contribution is 2.27. The molecule has 0 unspecified atom stereocenters. The van der Waals surface area contributed by atoms with Gasteiger partial charge in [-0.05, 0) is 37.3 Å². The van der Waals surface area contributed by atoms with Crippen LogP contribution in [0.15, 0.2) is 53.3 Å². The second-order valence-corrected chi connectivity index (χ2v) is 5.96. The highest BCUT2D eigenvalue weighted by molar-refractivity contribution is 5.99. The number of hydrogen-bond donors (Lipinski definition) is 2. The van der Waals surface area contributed by atoms with Crippen LogP contribution in [-0.2, 0) is 6.42 Å². The molecule has 6 nitrogen and oxygen atoms in total. The Balaban J connectivity index is 1.44. The Hall–Kier alpha value is -3.28. The van der Waals surface area contributed by atoms with Crippen molar-refractivity contribution in [3.05, 3.63) is 65.8 Å². The number of nitrogens with zero attached hydrogens (tertiary/aromatic N) is 2. The fraction of sp³-hybridized carbons (Fsp3) is 0.158. The molecule has 3 heterocycles. The van der Waals surface area contributed by atoms with Crippen molar-refractivity contribution in [2.24, 2.45) is 0 Å². The number of imidazole rings is 1. The average Bonchev–Trinajstić information content (AvgIpc) is 3.22. The molecule has 6 heteroatoms. The van der Waals surface area contributed by atoms with Gasteiger partial charge < -0.3 is 19.2 Å². The lowest BCUT2D eigenvalue weighted by molar-refractivity contribution is 0.0953. The van der Waals surface area contributed by atoms with Gasteiger partial charge in [-0.25, -0.2) is 4.98 Å². The van der Waals surface area contributed by atoms with Crippen molar-refractivity contribution in [3.63, 3.8) is 0 Å². The third-order valence-corrected chi connectivity index (χ3v) is 4.22. The van der Waals surface area contributed by atoms with Crippen LogP contribution < -0.4 is 5.32 Å². The lowest BCUT2D eigenvalue weighted by atomic mass is 10.1. The van der Waals surface area contributed by atoms with Gasteiger partial charge in [-0.3, -0.25) is 4.79 Å². The molecule has 126 valence electrons. The molecule has 0 saturated carbocycles. The zero-order valence-electron chi connectivity index (χ0n) is 13.7. The zero-order valence-corrected chi connectivity index (χ0v) is 13.7. The summed E-state index contributed by atoms with van der Waals surface area (Å²) in [6.07, 6.45) is 4.09. The minimum absolute atomic E-state index is 0.0345. The molecule has 4 rings (SSSR count). The van der Waals surface area contributed by atoms with E-state index in [2.05, 4.69) is 10.3 Å². The third-order valence-electron chi connectivity index (χ3n) is 4.22. The van der Waals surface area contributed by atoms with Gasteiger partial charge >= 0.3 is 0 Å². The van der Waals surface area contributed by atoms with E-state index < -0.39 is 0 Å². The largest absolute Gasteiger partial charge is 0.507 e. The number of nitrogens with one attached hydrogen (secondary N) is 1. The average molecular weight is 335 g/mol. The molecule has 3 aromatic heterocycles. The third kappa shape index (κ3) is 2.82. The molecule has 0 aliphatic rings. The van der Waals surface area contributed by atoms with Gasteiger partial charge in [0.1, 0.15) is 17.0 Å². The summed E-state index contributed by atoms with van der Waals surface area (Å²) in [5, 5.41) is 13.4. The fourth-order valence-corrected chi connectivity index (χ4v) is 2.91. The van der Waals surface area contributed by atoms with E-state index in [1.807, 2.05) is 35.7 Å². The van der Waals surface area contributed by atoms with Gasteiger partial charge in [0.25, 0.3) is 5.91 Å². The topological polar surface area (TPSA) is 79.8 Å². The molecule has 0 saturated heterocycles. The smallest absolute Gasteiger partial charge is 0.251 e. The van der Waals surface area contributed by atoms with E-state index in [-0.39, 0.29) is 11.7 Å². The van der Waals surface area contributed by atoms with E-state index in [1.165, 1.54) is 12.3 Å². The van der Waals surface area contributed by atoms with Crippen molar-refractivity contribution in [1.82, 2.24) is 14.7 Å². The molecule has 25 heavy (non-hydrogen) atoms. The SMILES string of the molecule is Cc1cccc2nc(CCNC(=O)c3cc(O)c4ccoc4c3)cn12. The van der Waals surface area contributed by atoms with Gasteiger partial charge in [-0.15, -0.1) is 0 Å². The number of phenolic OH excluding ortho intramolecular Hbond substituents is 1. The number of furan rings is 1. The quantitative estimate of drug-likeness (QED) is 0.601. The summed E-state index contributed by atoms with van der Waals surface area (Å²) in [7, 11) is 0. The minimum Gasteiger partial charge on any atom is -0.507 e. The second kappa shape index (κ2) is 5.98. The molecule has 2 N–H and O–H groups in total. The molecular formula is C19H17N3O3. The first kappa shape index (κ1) is 15.3. The maximum atomic E-state index is 12.3. The minimum atomic E-state index is -0.256. The van der Waals surface area contributed by atoms with Crippen molar-refractivity contribution < 1.29 is 14.3 Å². The van der Waals surface area contributed by atoms with Crippen molar-refractivity contribution in [1.29, 1.82) is 0 Å². The molecule has 0 fully saturated rings. The summed E-state index contributed by atoms with van der Waals surface area (Å²) in [4.78, 5) is 16.8. The predicted octanol–water partition coefficient (Wildman–Crippen LogP) is 3.07. The number of carbonyl (C=O) groups is 1. The first-order valence-electron chi connectivity index (χ1n) is 8.04. The van der Waals surface area contributed by atoms with Gasteiger partial charge in [-0.1, -0.05) is 6.07 Å². The number of amides is 1. The van der Waals surface area contributed by atoms with Crippen LogP contribution >= 0.6 is 0 Å². The van der Waals surface area contributed by atoms with Crippen LogP contribution in [0.4, 0.5) is 0 Å². The van der Waals surface area contributed by atoms with Crippen LogP contribution in [0, 0.1) is 6.92 Å². The number of pyridine rings is 1. The van der Waals surface area contributed by atoms with E-state index in [4.69, 9.17) is 4.42 Å². The molecule has 0 radical (unpaired) electrons. The summed E-state index contributed by atoms with van der Waals surface area (Å²) < 4.78 is 7.28. The molecule has 0 aliphatic carbocycles. The van der Waals surface area contributed by atoms with Crippen LogP contribution in [0.2, 0.25) is 0 Å². The van der Waals surface area contributed by atoms with Crippen LogP contribution in [0.1, 0.15) is 21.7 Å². The van der Waals surface area contributed by atoms with E-state index in [9.17, 15) is 9.90 Å². The molecule has 1 amide bonds. The van der Waals surface area contributed by atoms with Crippen molar-refractivity contribution in [3.8, 4) is 5.75 Å². The standard InChI is InChI=1S/C19H17N3O3/c1-12-3-2-4-18-21-14(11-22(12)18)5-7-20-19(24)13-9-16(23)15-6-8-25-17(15)10-13/h2-4,6,8-11,23H,5,7H2,1H3,(H,20,24). The summed E-state index contributed by atoms with van der Waals surface area (Å²) in [6, 6.07) is 10.7. The maximum Gasteiger partial charge on any atom is 0.251 e. The zero-order chi connectivity index (χ0) is 17.4. The number of aryl methyl sites for hydroxylation is 1. The Morgan fingerprint density at radius 1 is 1.32 bits per heavy atom. The van der Waals surface area contributed by atoms with Crippen LogP contribution in [-0.4, -0.2) is 26.9 Å². The van der Waals surface area contributed by atoms with Crippen LogP contribution in [0.3, 0.4) is 0 Å². The summed E-state index contributed by atoms with van der Waals surface area (Å²) in [6.45, 7) is 2.48. The first-order valence-corrected chi connectivity index (χ1v) is 8.04. The van der Waals surface area contributed by atoms with E-state index >= 15 is 0 Å². The lowest BCUT2D eigenvalue weighted by Crippen LogP contribution is -2.25. The van der Waals surface area contributed by atoms with Gasteiger partial charge in [0.05, 0.1) is 17.3 Å².